The molecule has 0 saturated carbocycles. The Labute approximate surface area is 138 Å². The Hall–Kier alpha value is -0.310. The average molecular weight is 329 g/mol. The summed E-state index contributed by atoms with van der Waals surface area (Å²) in [6.45, 7) is 6.81. The van der Waals surface area contributed by atoms with Crippen molar-refractivity contribution in [2.45, 2.75) is 91.4 Å². The predicted molar refractivity (Wildman–Crippen MR) is 96.7 cm³/mol. The lowest BCUT2D eigenvalue weighted by Crippen LogP contribution is -2.28. The van der Waals surface area contributed by atoms with E-state index in [9.17, 15) is 8.42 Å². The zero-order chi connectivity index (χ0) is 16.5. The van der Waals surface area contributed by atoms with Crippen LogP contribution in [0.5, 0.6) is 0 Å². The summed E-state index contributed by atoms with van der Waals surface area (Å²) < 4.78 is 23.6. The normalized spacial score (nSPS) is 22.8. The van der Waals surface area contributed by atoms with Crippen LogP contribution in [-0.4, -0.2) is 14.2 Å². The van der Waals surface area contributed by atoms with Gasteiger partial charge in [-0.15, -0.1) is 0 Å². The van der Waals surface area contributed by atoms with Gasteiger partial charge in [0.15, 0.2) is 9.84 Å². The Bertz CT molecular complexity index is 425. The molecule has 0 aromatic rings. The van der Waals surface area contributed by atoms with Crippen molar-refractivity contribution in [2.75, 3.05) is 5.75 Å². The van der Waals surface area contributed by atoms with Gasteiger partial charge in [-0.3, -0.25) is 0 Å². The molecule has 0 saturated heterocycles. The topological polar surface area (TPSA) is 34.1 Å². The van der Waals surface area contributed by atoms with Gasteiger partial charge in [-0.05, 0) is 24.2 Å². The van der Waals surface area contributed by atoms with E-state index in [4.69, 9.17) is 0 Å². The third kappa shape index (κ3) is 6.85. The minimum atomic E-state index is -2.93. The van der Waals surface area contributed by atoms with Gasteiger partial charge in [-0.25, -0.2) is 8.42 Å². The number of allylic oxidation sites excluding steroid dienone is 1. The van der Waals surface area contributed by atoms with E-state index in [2.05, 4.69) is 20.8 Å². The van der Waals surface area contributed by atoms with Gasteiger partial charge in [-0.2, -0.15) is 0 Å². The Morgan fingerprint density at radius 2 is 1.41 bits per heavy atom. The van der Waals surface area contributed by atoms with Crippen LogP contribution in [0.3, 0.4) is 0 Å². The first kappa shape index (κ1) is 19.7. The molecule has 0 radical (unpaired) electrons. The van der Waals surface area contributed by atoms with E-state index in [-0.39, 0.29) is 11.3 Å². The monoisotopic (exact) mass is 328 g/mol. The van der Waals surface area contributed by atoms with Crippen molar-refractivity contribution in [2.24, 2.45) is 11.3 Å². The quantitative estimate of drug-likeness (QED) is 0.419. The molecule has 1 aliphatic heterocycles. The van der Waals surface area contributed by atoms with Crippen molar-refractivity contribution < 1.29 is 8.42 Å². The molecule has 2 nitrogen and oxygen atoms in total. The first-order valence-electron chi connectivity index (χ1n) is 9.34. The Balaban J connectivity index is 2.54. The van der Waals surface area contributed by atoms with Crippen LogP contribution in [0, 0.1) is 11.3 Å². The molecule has 0 amide bonds. The Morgan fingerprint density at radius 1 is 0.909 bits per heavy atom. The molecule has 0 fully saturated rings. The first-order valence-corrected chi connectivity index (χ1v) is 11.1. The molecule has 1 rings (SSSR count). The largest absolute Gasteiger partial charge is 0.224 e. The SMILES string of the molecule is CCCCCCCC(C)(CCCCCC)C1C=CS(=O)(=O)C1. The third-order valence-electron chi connectivity index (χ3n) is 5.28. The second-order valence-corrected chi connectivity index (χ2v) is 9.32. The van der Waals surface area contributed by atoms with E-state index in [1.165, 1.54) is 76.0 Å². The molecule has 0 aliphatic carbocycles. The van der Waals surface area contributed by atoms with E-state index in [0.29, 0.717) is 5.75 Å². The van der Waals surface area contributed by atoms with Crippen molar-refractivity contribution in [3.63, 3.8) is 0 Å². The van der Waals surface area contributed by atoms with Crippen molar-refractivity contribution in [1.82, 2.24) is 0 Å². The van der Waals surface area contributed by atoms with Crippen LogP contribution in [-0.2, 0) is 9.84 Å². The maximum atomic E-state index is 11.8. The van der Waals surface area contributed by atoms with Gasteiger partial charge in [0.2, 0.25) is 0 Å². The summed E-state index contributed by atoms with van der Waals surface area (Å²) in [6.07, 6.45) is 15.9. The predicted octanol–water partition coefficient (Wildman–Crippen LogP) is 5.88. The molecule has 0 N–H and O–H groups in total. The average Bonchev–Trinajstić information content (AvgIpc) is 2.84. The molecule has 22 heavy (non-hydrogen) atoms. The zero-order valence-electron chi connectivity index (χ0n) is 14.9. The number of hydrogen-bond acceptors (Lipinski definition) is 2. The van der Waals surface area contributed by atoms with E-state index in [1.54, 1.807) is 0 Å². The van der Waals surface area contributed by atoms with Crippen molar-refractivity contribution in [3.8, 4) is 0 Å². The highest BCUT2D eigenvalue weighted by atomic mass is 32.2. The molecule has 2 unspecified atom stereocenters. The lowest BCUT2D eigenvalue weighted by molar-refractivity contribution is 0.192. The molecular formula is C19H36O2S. The summed E-state index contributed by atoms with van der Waals surface area (Å²) in [5.41, 5.74) is 0.167. The molecule has 0 aromatic heterocycles. The number of unbranched alkanes of at least 4 members (excludes halogenated alkanes) is 7. The molecule has 130 valence electrons. The summed E-state index contributed by atoms with van der Waals surface area (Å²) >= 11 is 0. The number of hydrogen-bond donors (Lipinski definition) is 0. The highest BCUT2D eigenvalue weighted by molar-refractivity contribution is 7.94. The van der Waals surface area contributed by atoms with E-state index < -0.39 is 9.84 Å². The molecular weight excluding hydrogens is 292 g/mol. The van der Waals surface area contributed by atoms with Crippen LogP contribution in [0.15, 0.2) is 11.5 Å². The van der Waals surface area contributed by atoms with Gasteiger partial charge < -0.3 is 0 Å². The van der Waals surface area contributed by atoms with Gasteiger partial charge in [0.25, 0.3) is 0 Å². The highest BCUT2D eigenvalue weighted by Crippen LogP contribution is 2.42. The molecule has 0 spiro atoms. The Kier molecular flexibility index (Phi) is 8.74. The van der Waals surface area contributed by atoms with Crippen molar-refractivity contribution in [1.29, 1.82) is 0 Å². The summed E-state index contributed by atoms with van der Waals surface area (Å²) in [6, 6.07) is 0. The maximum absolute atomic E-state index is 11.8. The lowest BCUT2D eigenvalue weighted by Gasteiger charge is -2.35. The van der Waals surface area contributed by atoms with Crippen LogP contribution in [0.4, 0.5) is 0 Å². The van der Waals surface area contributed by atoms with Crippen LogP contribution in [0.25, 0.3) is 0 Å². The van der Waals surface area contributed by atoms with Gasteiger partial charge in [-0.1, -0.05) is 84.6 Å². The van der Waals surface area contributed by atoms with E-state index in [0.717, 1.165) is 0 Å². The fourth-order valence-corrected chi connectivity index (χ4v) is 5.15. The van der Waals surface area contributed by atoms with Crippen LogP contribution >= 0.6 is 0 Å². The molecule has 1 heterocycles. The molecule has 1 aliphatic rings. The van der Waals surface area contributed by atoms with Gasteiger partial charge >= 0.3 is 0 Å². The Morgan fingerprint density at radius 3 is 1.86 bits per heavy atom. The van der Waals surface area contributed by atoms with Crippen LogP contribution < -0.4 is 0 Å². The van der Waals surface area contributed by atoms with Gasteiger partial charge in [0.1, 0.15) is 0 Å². The third-order valence-corrected chi connectivity index (χ3v) is 6.67. The van der Waals surface area contributed by atoms with Gasteiger partial charge in [0.05, 0.1) is 5.75 Å². The number of rotatable bonds is 12. The molecule has 3 heteroatoms. The van der Waals surface area contributed by atoms with Crippen LogP contribution in [0.2, 0.25) is 0 Å². The minimum Gasteiger partial charge on any atom is -0.224 e. The summed E-state index contributed by atoms with van der Waals surface area (Å²) in [4.78, 5) is 0. The van der Waals surface area contributed by atoms with Crippen molar-refractivity contribution >= 4 is 9.84 Å². The molecule has 0 bridgehead atoms. The van der Waals surface area contributed by atoms with E-state index in [1.807, 2.05) is 6.08 Å². The molecule has 0 aromatic carbocycles. The highest BCUT2D eigenvalue weighted by Gasteiger charge is 2.37. The van der Waals surface area contributed by atoms with Crippen LogP contribution in [0.1, 0.15) is 91.4 Å². The molecule has 2 atom stereocenters. The maximum Gasteiger partial charge on any atom is 0.171 e. The standard InChI is InChI=1S/C19H36O2S/c1-4-6-8-10-12-15-19(3,14-11-9-7-5-2)18-13-16-22(20,21)17-18/h13,16,18H,4-12,14-15,17H2,1-3H3. The van der Waals surface area contributed by atoms with Gasteiger partial charge in [0, 0.05) is 5.41 Å². The first-order chi connectivity index (χ1) is 10.4. The zero-order valence-corrected chi connectivity index (χ0v) is 15.8. The minimum absolute atomic E-state index is 0.167. The second-order valence-electron chi connectivity index (χ2n) is 7.39. The summed E-state index contributed by atoms with van der Waals surface area (Å²) in [5.74, 6) is 0.567. The van der Waals surface area contributed by atoms with Crippen molar-refractivity contribution in [3.05, 3.63) is 11.5 Å². The fraction of sp³-hybridized carbons (Fsp3) is 0.895. The van der Waals surface area contributed by atoms with E-state index >= 15 is 0 Å². The fourth-order valence-electron chi connectivity index (χ4n) is 3.59. The summed E-state index contributed by atoms with van der Waals surface area (Å²) in [5, 5.41) is 1.46. The lowest BCUT2D eigenvalue weighted by atomic mass is 9.70. The smallest absolute Gasteiger partial charge is 0.171 e. The summed E-state index contributed by atoms with van der Waals surface area (Å²) in [7, 11) is -2.93. The second kappa shape index (κ2) is 9.75. The number of sulfone groups is 1.